The Morgan fingerprint density at radius 2 is 2.06 bits per heavy atom. The van der Waals surface area contributed by atoms with Gasteiger partial charge in [-0.15, -0.1) is 11.8 Å². The molecule has 0 saturated carbocycles. The molecule has 0 aliphatic carbocycles. The Hall–Kier alpha value is -2.31. The normalized spacial score (nSPS) is 18.9. The summed E-state index contributed by atoms with van der Waals surface area (Å²) >= 11 is 1.96. The van der Waals surface area contributed by atoms with Crippen molar-refractivity contribution in [3.8, 4) is 11.4 Å². The van der Waals surface area contributed by atoms with Gasteiger partial charge in [-0.3, -0.25) is 9.67 Å². The highest BCUT2D eigenvalue weighted by molar-refractivity contribution is 7.99. The van der Waals surface area contributed by atoms with Gasteiger partial charge in [-0.25, -0.2) is 0 Å². The van der Waals surface area contributed by atoms with Crippen molar-refractivity contribution >= 4 is 17.6 Å². The number of thioether (sulfide) groups is 1. The molecule has 0 unspecified atom stereocenters. The third kappa shape index (κ3) is 4.80. The number of aryl methyl sites for hydroxylation is 3. The van der Waals surface area contributed by atoms with Gasteiger partial charge in [-0.05, 0) is 69.4 Å². The number of anilines is 1. The quantitative estimate of drug-likeness (QED) is 0.580. The van der Waals surface area contributed by atoms with Crippen LogP contribution in [-0.4, -0.2) is 37.3 Å². The van der Waals surface area contributed by atoms with Gasteiger partial charge in [0.2, 0.25) is 0 Å². The van der Waals surface area contributed by atoms with E-state index >= 15 is 0 Å². The average Bonchev–Trinajstić information content (AvgIpc) is 2.93. The first kappa shape index (κ1) is 21.9. The minimum absolute atomic E-state index is 0.182. The van der Waals surface area contributed by atoms with Crippen LogP contribution in [0.4, 0.5) is 5.82 Å². The van der Waals surface area contributed by atoms with Gasteiger partial charge in [0.05, 0.1) is 16.5 Å². The van der Waals surface area contributed by atoms with Crippen molar-refractivity contribution in [1.29, 1.82) is 0 Å². The molecular weight excluding hydrogens is 404 g/mol. The minimum atomic E-state index is -0.645. The number of aromatic nitrogens is 3. The summed E-state index contributed by atoms with van der Waals surface area (Å²) in [4.78, 5) is 4.60. The molecule has 0 bridgehead atoms. The maximum absolute atomic E-state index is 10.1. The van der Waals surface area contributed by atoms with Crippen molar-refractivity contribution in [2.24, 2.45) is 7.05 Å². The molecule has 0 spiro atoms. The molecule has 2 aromatic heterocycles. The molecule has 0 fully saturated rings. The first-order valence-electron chi connectivity index (χ1n) is 10.9. The molecule has 0 amide bonds. The smallest absolute Gasteiger partial charge is 0.129 e. The van der Waals surface area contributed by atoms with Crippen LogP contribution in [0.3, 0.4) is 0 Å². The molecule has 1 aliphatic rings. The van der Waals surface area contributed by atoms with Gasteiger partial charge in [-0.2, -0.15) is 5.10 Å². The summed E-state index contributed by atoms with van der Waals surface area (Å²) in [6.45, 7) is 8.15. The van der Waals surface area contributed by atoms with E-state index in [0.29, 0.717) is 6.04 Å². The predicted molar refractivity (Wildman–Crippen MR) is 130 cm³/mol. The second kappa shape index (κ2) is 8.67. The number of fused-ring (bicyclic) bond motifs is 1. The SMILES string of the molecule is Cc1cc(CCC(C)(C)O)ccc1[C@H]1SC[C@@H](C)Nc2c1c(-c1ccccn1)nn2C. The van der Waals surface area contributed by atoms with Gasteiger partial charge in [0, 0.05) is 30.6 Å². The molecule has 0 radical (unpaired) electrons. The average molecular weight is 437 g/mol. The summed E-state index contributed by atoms with van der Waals surface area (Å²) in [7, 11) is 2.00. The molecule has 5 nitrogen and oxygen atoms in total. The van der Waals surface area contributed by atoms with Gasteiger partial charge >= 0.3 is 0 Å². The van der Waals surface area contributed by atoms with Crippen LogP contribution in [0.5, 0.6) is 0 Å². The fourth-order valence-electron chi connectivity index (χ4n) is 4.13. The summed E-state index contributed by atoms with van der Waals surface area (Å²) in [6, 6.07) is 13.1. The minimum Gasteiger partial charge on any atom is -0.390 e. The van der Waals surface area contributed by atoms with Crippen LogP contribution in [0.15, 0.2) is 42.6 Å². The Labute approximate surface area is 189 Å². The van der Waals surface area contributed by atoms with Crippen molar-refractivity contribution in [2.75, 3.05) is 11.1 Å². The van der Waals surface area contributed by atoms with E-state index in [2.05, 4.69) is 42.3 Å². The number of rotatable bonds is 5. The first-order valence-corrected chi connectivity index (χ1v) is 12.0. The van der Waals surface area contributed by atoms with Crippen LogP contribution in [-0.2, 0) is 13.5 Å². The Bertz CT molecular complexity index is 1060. The molecule has 3 aromatic rings. The standard InChI is InChI=1S/C25H32N4OS/c1-16-14-18(11-12-25(3,4)30)9-10-19(16)23-21-22(20-8-6-7-13-26-20)28-29(5)24(21)27-17(2)15-31-23/h6-10,13-14,17,23,27,30H,11-12,15H2,1-5H3/t17-,23-/m1/s1. The maximum Gasteiger partial charge on any atom is 0.129 e. The molecule has 0 saturated heterocycles. The van der Waals surface area contributed by atoms with E-state index < -0.39 is 5.60 Å². The van der Waals surface area contributed by atoms with Crippen LogP contribution < -0.4 is 5.32 Å². The lowest BCUT2D eigenvalue weighted by molar-refractivity contribution is 0.0714. The van der Waals surface area contributed by atoms with Crippen LogP contribution in [0.25, 0.3) is 11.4 Å². The summed E-state index contributed by atoms with van der Waals surface area (Å²) in [5, 5.41) is 18.8. The lowest BCUT2D eigenvalue weighted by Crippen LogP contribution is -2.19. The van der Waals surface area contributed by atoms with Gasteiger partial charge in [0.15, 0.2) is 0 Å². The summed E-state index contributed by atoms with van der Waals surface area (Å²) in [5.74, 6) is 2.09. The van der Waals surface area contributed by atoms with E-state index in [4.69, 9.17) is 5.10 Å². The fraction of sp³-hybridized carbons (Fsp3) is 0.440. The zero-order valence-electron chi connectivity index (χ0n) is 19.0. The van der Waals surface area contributed by atoms with E-state index in [-0.39, 0.29) is 5.25 Å². The summed E-state index contributed by atoms with van der Waals surface area (Å²) < 4.78 is 1.96. The van der Waals surface area contributed by atoms with Gasteiger partial charge in [-0.1, -0.05) is 24.3 Å². The number of aliphatic hydroxyl groups is 1. The Morgan fingerprint density at radius 3 is 2.74 bits per heavy atom. The third-order valence-electron chi connectivity index (χ3n) is 5.79. The largest absolute Gasteiger partial charge is 0.390 e. The van der Waals surface area contributed by atoms with E-state index in [1.807, 2.05) is 61.7 Å². The zero-order chi connectivity index (χ0) is 22.2. The van der Waals surface area contributed by atoms with Gasteiger partial charge in [0.25, 0.3) is 0 Å². The fourth-order valence-corrected chi connectivity index (χ4v) is 5.53. The topological polar surface area (TPSA) is 63.0 Å². The van der Waals surface area contributed by atoms with Crippen LogP contribution in [0, 0.1) is 6.92 Å². The predicted octanol–water partition coefficient (Wildman–Crippen LogP) is 5.13. The van der Waals surface area contributed by atoms with E-state index in [9.17, 15) is 5.11 Å². The maximum atomic E-state index is 10.1. The molecule has 2 atom stereocenters. The molecule has 31 heavy (non-hydrogen) atoms. The lowest BCUT2D eigenvalue weighted by Gasteiger charge is -2.20. The highest BCUT2D eigenvalue weighted by Crippen LogP contribution is 2.47. The number of hydrogen-bond acceptors (Lipinski definition) is 5. The van der Waals surface area contributed by atoms with Crippen LogP contribution in [0.2, 0.25) is 0 Å². The molecule has 2 N–H and O–H groups in total. The van der Waals surface area contributed by atoms with Crippen molar-refractivity contribution in [3.05, 3.63) is 64.8 Å². The van der Waals surface area contributed by atoms with Crippen LogP contribution >= 0.6 is 11.8 Å². The summed E-state index contributed by atoms with van der Waals surface area (Å²) in [5.41, 5.74) is 6.28. The number of hydrogen-bond donors (Lipinski definition) is 2. The molecule has 164 valence electrons. The second-order valence-corrected chi connectivity index (χ2v) is 10.3. The van der Waals surface area contributed by atoms with Crippen molar-refractivity contribution in [1.82, 2.24) is 14.8 Å². The molecule has 4 rings (SSSR count). The zero-order valence-corrected chi connectivity index (χ0v) is 19.8. The number of pyridine rings is 1. The van der Waals surface area contributed by atoms with Crippen molar-refractivity contribution < 1.29 is 5.11 Å². The number of nitrogens with zero attached hydrogens (tertiary/aromatic N) is 3. The molecule has 3 heterocycles. The monoisotopic (exact) mass is 436 g/mol. The number of nitrogens with one attached hydrogen (secondary N) is 1. The Balaban J connectivity index is 1.77. The third-order valence-corrected chi connectivity index (χ3v) is 7.31. The molecule has 1 aliphatic heterocycles. The van der Waals surface area contributed by atoms with Crippen molar-refractivity contribution in [2.45, 2.75) is 57.4 Å². The van der Waals surface area contributed by atoms with E-state index in [1.165, 1.54) is 22.3 Å². The lowest BCUT2D eigenvalue weighted by atomic mass is 9.93. The van der Waals surface area contributed by atoms with E-state index in [1.54, 1.807) is 0 Å². The first-order chi connectivity index (χ1) is 14.7. The number of benzene rings is 1. The van der Waals surface area contributed by atoms with E-state index in [0.717, 1.165) is 35.8 Å². The highest BCUT2D eigenvalue weighted by atomic mass is 32.2. The Morgan fingerprint density at radius 1 is 1.26 bits per heavy atom. The molecule has 6 heteroatoms. The molecule has 1 aromatic carbocycles. The Kier molecular flexibility index (Phi) is 6.13. The second-order valence-electron chi connectivity index (χ2n) is 9.21. The molecular formula is C25H32N4OS. The summed E-state index contributed by atoms with van der Waals surface area (Å²) in [6.07, 6.45) is 3.45. The van der Waals surface area contributed by atoms with Gasteiger partial charge < -0.3 is 10.4 Å². The van der Waals surface area contributed by atoms with Crippen LogP contribution in [0.1, 0.15) is 54.7 Å². The highest BCUT2D eigenvalue weighted by Gasteiger charge is 2.32. The van der Waals surface area contributed by atoms with Gasteiger partial charge in [0.1, 0.15) is 11.5 Å². The van der Waals surface area contributed by atoms with Crippen molar-refractivity contribution in [3.63, 3.8) is 0 Å².